The smallest absolute Gasteiger partial charge is 0.335 e. The predicted molar refractivity (Wildman–Crippen MR) is 82.6 cm³/mol. The third-order valence-corrected chi connectivity index (χ3v) is 4.13. The molecule has 1 aromatic carbocycles. The highest BCUT2D eigenvalue weighted by molar-refractivity contribution is 6.55. The molecule has 0 heterocycles. The van der Waals surface area contributed by atoms with Crippen LogP contribution in [0.5, 0.6) is 0 Å². The standard InChI is InChI=1S/C15H15Cl2NO3/c1-15(2)10(7-11(16)17)12(15)13(19)18-9-5-3-4-8(6-9)14(20)21/h3-7,10,12H,1-2H3,(H,18,19)(H,20,21). The third-order valence-electron chi connectivity index (χ3n) is 3.88. The molecule has 0 bridgehead atoms. The van der Waals surface area contributed by atoms with Crippen molar-refractivity contribution in [1.29, 1.82) is 0 Å². The van der Waals surface area contributed by atoms with Crippen molar-refractivity contribution < 1.29 is 14.7 Å². The third kappa shape index (κ3) is 3.39. The van der Waals surface area contributed by atoms with Gasteiger partial charge >= 0.3 is 5.97 Å². The van der Waals surface area contributed by atoms with Crippen molar-refractivity contribution in [3.63, 3.8) is 0 Å². The van der Waals surface area contributed by atoms with Gasteiger partial charge in [-0.05, 0) is 35.6 Å². The molecular weight excluding hydrogens is 313 g/mol. The Hall–Kier alpha value is -1.52. The first-order valence-corrected chi connectivity index (χ1v) is 7.16. The summed E-state index contributed by atoms with van der Waals surface area (Å²) in [5.74, 6) is -1.46. The van der Waals surface area contributed by atoms with Crippen LogP contribution in [0.4, 0.5) is 5.69 Å². The molecule has 112 valence electrons. The largest absolute Gasteiger partial charge is 0.478 e. The number of carbonyl (C=O) groups excluding carboxylic acids is 1. The summed E-state index contributed by atoms with van der Waals surface area (Å²) in [4.78, 5) is 23.2. The first kappa shape index (κ1) is 15.9. The number of rotatable bonds is 4. The van der Waals surface area contributed by atoms with E-state index in [1.54, 1.807) is 18.2 Å². The average molecular weight is 328 g/mol. The Labute approximate surface area is 132 Å². The molecule has 21 heavy (non-hydrogen) atoms. The van der Waals surface area contributed by atoms with E-state index < -0.39 is 5.97 Å². The Morgan fingerprint density at radius 2 is 2.00 bits per heavy atom. The number of anilines is 1. The molecule has 0 aliphatic heterocycles. The van der Waals surface area contributed by atoms with Crippen LogP contribution in [0.25, 0.3) is 0 Å². The molecule has 1 amide bonds. The Morgan fingerprint density at radius 1 is 1.33 bits per heavy atom. The summed E-state index contributed by atoms with van der Waals surface area (Å²) in [5, 5.41) is 11.7. The number of hydrogen-bond donors (Lipinski definition) is 2. The molecule has 0 saturated heterocycles. The number of amides is 1. The van der Waals surface area contributed by atoms with Crippen molar-refractivity contribution in [3.05, 3.63) is 40.4 Å². The number of carboxylic acids is 1. The minimum atomic E-state index is -1.03. The Kier molecular flexibility index (Phi) is 4.30. The highest BCUT2D eigenvalue weighted by atomic mass is 35.5. The number of allylic oxidation sites excluding steroid dienone is 1. The molecule has 0 aromatic heterocycles. The van der Waals surface area contributed by atoms with E-state index in [2.05, 4.69) is 5.32 Å². The van der Waals surface area contributed by atoms with Crippen LogP contribution in [-0.4, -0.2) is 17.0 Å². The molecule has 1 saturated carbocycles. The number of halogens is 2. The minimum Gasteiger partial charge on any atom is -0.478 e. The maximum Gasteiger partial charge on any atom is 0.335 e. The van der Waals surface area contributed by atoms with Crippen molar-refractivity contribution in [2.24, 2.45) is 17.3 Å². The molecule has 2 N–H and O–H groups in total. The van der Waals surface area contributed by atoms with Crippen LogP contribution >= 0.6 is 23.2 Å². The van der Waals surface area contributed by atoms with Gasteiger partial charge in [-0.2, -0.15) is 0 Å². The molecular formula is C15H15Cl2NO3. The number of nitrogens with one attached hydrogen (secondary N) is 1. The van der Waals surface area contributed by atoms with Gasteiger partial charge in [-0.1, -0.05) is 43.1 Å². The van der Waals surface area contributed by atoms with E-state index in [9.17, 15) is 9.59 Å². The van der Waals surface area contributed by atoms with E-state index in [1.807, 2.05) is 13.8 Å². The fourth-order valence-corrected chi connectivity index (χ4v) is 2.85. The van der Waals surface area contributed by atoms with E-state index in [0.29, 0.717) is 5.69 Å². The number of carboxylic acid groups (broad SMARTS) is 1. The van der Waals surface area contributed by atoms with Gasteiger partial charge in [-0.25, -0.2) is 4.79 Å². The topological polar surface area (TPSA) is 66.4 Å². The van der Waals surface area contributed by atoms with Gasteiger partial charge < -0.3 is 10.4 Å². The summed E-state index contributed by atoms with van der Waals surface area (Å²) >= 11 is 11.3. The molecule has 1 aliphatic rings. The molecule has 1 aromatic rings. The van der Waals surface area contributed by atoms with Gasteiger partial charge in [0, 0.05) is 5.69 Å². The molecule has 1 aliphatic carbocycles. The van der Waals surface area contributed by atoms with Crippen LogP contribution in [0, 0.1) is 17.3 Å². The van der Waals surface area contributed by atoms with E-state index in [4.69, 9.17) is 28.3 Å². The highest BCUT2D eigenvalue weighted by Crippen LogP contribution is 2.60. The van der Waals surface area contributed by atoms with Gasteiger partial charge in [0.2, 0.25) is 5.91 Å². The summed E-state index contributed by atoms with van der Waals surface area (Å²) in [6.07, 6.45) is 1.67. The second-order valence-corrected chi connectivity index (χ2v) is 6.66. The van der Waals surface area contributed by atoms with Crippen molar-refractivity contribution in [1.82, 2.24) is 0 Å². The van der Waals surface area contributed by atoms with E-state index in [1.165, 1.54) is 12.1 Å². The lowest BCUT2D eigenvalue weighted by molar-refractivity contribution is -0.118. The fourth-order valence-electron chi connectivity index (χ4n) is 2.58. The summed E-state index contributed by atoms with van der Waals surface area (Å²) in [5.41, 5.74) is 0.370. The first-order chi connectivity index (χ1) is 9.73. The van der Waals surface area contributed by atoms with Crippen molar-refractivity contribution in [3.8, 4) is 0 Å². The monoisotopic (exact) mass is 327 g/mol. The van der Waals surface area contributed by atoms with Crippen LogP contribution < -0.4 is 5.32 Å². The zero-order valence-electron chi connectivity index (χ0n) is 11.6. The molecule has 2 unspecified atom stereocenters. The predicted octanol–water partition coefficient (Wildman–Crippen LogP) is 3.91. The van der Waals surface area contributed by atoms with Crippen LogP contribution in [0.2, 0.25) is 0 Å². The molecule has 4 nitrogen and oxygen atoms in total. The van der Waals surface area contributed by atoms with Gasteiger partial charge in [0.25, 0.3) is 0 Å². The van der Waals surface area contributed by atoms with Gasteiger partial charge in [0.05, 0.1) is 11.5 Å². The maximum absolute atomic E-state index is 12.3. The van der Waals surface area contributed by atoms with Crippen molar-refractivity contribution in [2.45, 2.75) is 13.8 Å². The second kappa shape index (κ2) is 5.70. The number of carbonyl (C=O) groups is 2. The summed E-state index contributed by atoms with van der Waals surface area (Å²) in [6.45, 7) is 3.92. The number of benzene rings is 1. The number of aromatic carboxylic acids is 1. The van der Waals surface area contributed by atoms with Gasteiger partial charge in [-0.3, -0.25) is 4.79 Å². The van der Waals surface area contributed by atoms with E-state index >= 15 is 0 Å². The fraction of sp³-hybridized carbons (Fsp3) is 0.333. The first-order valence-electron chi connectivity index (χ1n) is 6.40. The molecule has 0 radical (unpaired) electrons. The van der Waals surface area contributed by atoms with Gasteiger partial charge in [0.1, 0.15) is 4.49 Å². The lowest BCUT2D eigenvalue weighted by Crippen LogP contribution is -2.17. The van der Waals surface area contributed by atoms with Crippen molar-refractivity contribution >= 4 is 40.8 Å². The van der Waals surface area contributed by atoms with Gasteiger partial charge in [-0.15, -0.1) is 0 Å². The molecule has 6 heteroatoms. The van der Waals surface area contributed by atoms with E-state index in [-0.39, 0.29) is 33.2 Å². The number of hydrogen-bond acceptors (Lipinski definition) is 2. The van der Waals surface area contributed by atoms with Crippen molar-refractivity contribution in [2.75, 3.05) is 5.32 Å². The SMILES string of the molecule is CC1(C)C(C=C(Cl)Cl)C1C(=O)Nc1cccc(C(=O)O)c1. The lowest BCUT2D eigenvalue weighted by atomic mass is 10.1. The molecule has 1 fully saturated rings. The van der Waals surface area contributed by atoms with Crippen LogP contribution in [0.15, 0.2) is 34.8 Å². The normalized spacial score (nSPS) is 22.3. The summed E-state index contributed by atoms with van der Waals surface area (Å²) in [7, 11) is 0. The van der Waals surface area contributed by atoms with E-state index in [0.717, 1.165) is 0 Å². The van der Waals surface area contributed by atoms with Crippen LogP contribution in [0.1, 0.15) is 24.2 Å². The average Bonchev–Trinajstić information content (AvgIpc) is 2.90. The second-order valence-electron chi connectivity index (χ2n) is 5.66. The van der Waals surface area contributed by atoms with Crippen LogP contribution in [-0.2, 0) is 4.79 Å². The summed E-state index contributed by atoms with van der Waals surface area (Å²) < 4.78 is 0.149. The lowest BCUT2D eigenvalue weighted by Gasteiger charge is -2.06. The molecule has 2 atom stereocenters. The minimum absolute atomic E-state index is 0.0230. The Bertz CT molecular complexity index is 621. The quantitative estimate of drug-likeness (QED) is 0.880. The molecule has 2 rings (SSSR count). The maximum atomic E-state index is 12.3. The zero-order chi connectivity index (χ0) is 15.8. The van der Waals surface area contributed by atoms with Crippen LogP contribution in [0.3, 0.4) is 0 Å². The Balaban J connectivity index is 2.11. The highest BCUT2D eigenvalue weighted by Gasteiger charge is 2.60. The molecule has 0 spiro atoms. The Morgan fingerprint density at radius 3 is 2.57 bits per heavy atom. The summed E-state index contributed by atoms with van der Waals surface area (Å²) in [6, 6.07) is 6.13. The van der Waals surface area contributed by atoms with Gasteiger partial charge in [0.15, 0.2) is 0 Å². The zero-order valence-corrected chi connectivity index (χ0v) is 13.1.